The number of anilines is 3. The number of carbonyl (C=O) groups excluding carboxylic acids is 3. The van der Waals surface area contributed by atoms with Gasteiger partial charge < -0.3 is 20.3 Å². The number of benzene rings is 3. The van der Waals surface area contributed by atoms with E-state index in [1.54, 1.807) is 30.1 Å². The summed E-state index contributed by atoms with van der Waals surface area (Å²) in [7, 11) is 6.81. The Hall–Kier alpha value is -4.43. The van der Waals surface area contributed by atoms with Gasteiger partial charge in [-0.2, -0.15) is 0 Å². The summed E-state index contributed by atoms with van der Waals surface area (Å²) >= 11 is 0. The van der Waals surface area contributed by atoms with E-state index < -0.39 is 5.97 Å². The summed E-state index contributed by atoms with van der Waals surface area (Å²) in [5, 5.41) is 6.28. The number of hydrogen-bond acceptors (Lipinski definition) is 6. The fourth-order valence-electron chi connectivity index (χ4n) is 4.09. The molecular weight excluding hydrogens is 468 g/mol. The highest BCUT2D eigenvalue weighted by Crippen LogP contribution is 2.38. The molecule has 1 aliphatic rings. The van der Waals surface area contributed by atoms with Crippen LogP contribution in [0.25, 0.3) is 11.3 Å². The summed E-state index contributed by atoms with van der Waals surface area (Å²) in [4.78, 5) is 41.4. The SMILES string of the molecule is COC(=O)c1ccc2c(c1)NC(=O)C2=C(Nc1ccc(N(C)C(=O)C(C)N(C)C)cc1)c1ccccc1. The van der Waals surface area contributed by atoms with Crippen molar-refractivity contribution in [1.29, 1.82) is 0 Å². The van der Waals surface area contributed by atoms with Crippen molar-refractivity contribution in [2.75, 3.05) is 43.8 Å². The van der Waals surface area contributed by atoms with E-state index in [-0.39, 0.29) is 17.9 Å². The van der Waals surface area contributed by atoms with E-state index in [0.717, 1.165) is 16.9 Å². The maximum Gasteiger partial charge on any atom is 0.337 e. The van der Waals surface area contributed by atoms with Crippen LogP contribution in [0.5, 0.6) is 0 Å². The van der Waals surface area contributed by atoms with Crippen molar-refractivity contribution in [2.45, 2.75) is 13.0 Å². The van der Waals surface area contributed by atoms with Gasteiger partial charge in [-0.05, 0) is 63.0 Å². The molecule has 0 aliphatic carbocycles. The number of likely N-dealkylation sites (N-methyl/N-ethyl adjacent to an activating group) is 2. The average Bonchev–Trinajstić information content (AvgIpc) is 3.25. The second-order valence-corrected chi connectivity index (χ2v) is 9.03. The van der Waals surface area contributed by atoms with E-state index in [9.17, 15) is 14.4 Å². The predicted molar refractivity (Wildman–Crippen MR) is 146 cm³/mol. The Morgan fingerprint density at radius 2 is 1.59 bits per heavy atom. The van der Waals surface area contributed by atoms with Crippen LogP contribution in [0.3, 0.4) is 0 Å². The van der Waals surface area contributed by atoms with Crippen molar-refractivity contribution in [1.82, 2.24) is 4.90 Å². The van der Waals surface area contributed by atoms with E-state index >= 15 is 0 Å². The highest BCUT2D eigenvalue weighted by Gasteiger charge is 2.29. The highest BCUT2D eigenvalue weighted by atomic mass is 16.5. The van der Waals surface area contributed by atoms with Crippen LogP contribution in [-0.2, 0) is 14.3 Å². The maximum absolute atomic E-state index is 13.2. The first-order chi connectivity index (χ1) is 17.7. The van der Waals surface area contributed by atoms with Gasteiger partial charge in [-0.25, -0.2) is 4.79 Å². The van der Waals surface area contributed by atoms with Crippen LogP contribution in [0, 0.1) is 0 Å². The molecule has 0 spiro atoms. The molecule has 1 aliphatic heterocycles. The second-order valence-electron chi connectivity index (χ2n) is 9.03. The summed E-state index contributed by atoms with van der Waals surface area (Å²) in [6.45, 7) is 1.87. The van der Waals surface area contributed by atoms with Crippen molar-refractivity contribution in [3.8, 4) is 0 Å². The van der Waals surface area contributed by atoms with Crippen LogP contribution in [0.2, 0.25) is 0 Å². The van der Waals surface area contributed by atoms with E-state index in [1.165, 1.54) is 7.11 Å². The molecule has 8 nitrogen and oxygen atoms in total. The fraction of sp³-hybridized carbons (Fsp3) is 0.207. The standard InChI is InChI=1S/C29H30N4O4/c1-18(32(2)3)28(35)33(4)22-14-12-21(13-15-22)30-26(19-9-7-6-8-10-19)25-23-16-11-20(29(36)37-5)17-24(23)31-27(25)34/h6-18,30H,1-5H3,(H,31,34). The lowest BCUT2D eigenvalue weighted by atomic mass is 9.99. The van der Waals surface area contributed by atoms with E-state index in [0.29, 0.717) is 28.1 Å². The summed E-state index contributed by atoms with van der Waals surface area (Å²) in [5.74, 6) is -0.759. The van der Waals surface area contributed by atoms with Crippen molar-refractivity contribution in [2.24, 2.45) is 0 Å². The average molecular weight is 499 g/mol. The minimum absolute atomic E-state index is 0.0108. The number of ether oxygens (including phenoxy) is 1. The predicted octanol–water partition coefficient (Wildman–Crippen LogP) is 4.32. The third kappa shape index (κ3) is 5.24. The molecule has 4 rings (SSSR count). The van der Waals surface area contributed by atoms with Crippen molar-refractivity contribution in [3.05, 3.63) is 89.5 Å². The van der Waals surface area contributed by atoms with Gasteiger partial charge in [0.05, 0.1) is 35.7 Å². The van der Waals surface area contributed by atoms with E-state index in [4.69, 9.17) is 4.74 Å². The Bertz CT molecular complexity index is 1360. The smallest absolute Gasteiger partial charge is 0.337 e. The molecule has 0 saturated heterocycles. The number of rotatable bonds is 7. The van der Waals surface area contributed by atoms with E-state index in [1.807, 2.05) is 80.5 Å². The quantitative estimate of drug-likeness (QED) is 0.373. The van der Waals surface area contributed by atoms with Crippen LogP contribution in [0.15, 0.2) is 72.8 Å². The Balaban J connectivity index is 1.71. The molecule has 0 bridgehead atoms. The number of amides is 2. The van der Waals surface area contributed by atoms with Gasteiger partial charge in [-0.1, -0.05) is 36.4 Å². The molecule has 0 aromatic heterocycles. The Kier molecular flexibility index (Phi) is 7.40. The molecule has 0 fully saturated rings. The molecule has 2 N–H and O–H groups in total. The topological polar surface area (TPSA) is 91.0 Å². The Morgan fingerprint density at radius 1 is 0.919 bits per heavy atom. The molecule has 1 heterocycles. The largest absolute Gasteiger partial charge is 0.465 e. The molecule has 190 valence electrons. The zero-order chi connectivity index (χ0) is 26.7. The molecule has 3 aromatic rings. The zero-order valence-electron chi connectivity index (χ0n) is 21.5. The van der Waals surface area contributed by atoms with Gasteiger partial charge in [-0.15, -0.1) is 0 Å². The summed E-state index contributed by atoms with van der Waals surface area (Å²) < 4.78 is 4.81. The highest BCUT2D eigenvalue weighted by molar-refractivity contribution is 6.37. The van der Waals surface area contributed by atoms with Crippen LogP contribution in [-0.4, -0.2) is 57.0 Å². The minimum atomic E-state index is -0.473. The normalized spacial score (nSPS) is 14.5. The fourth-order valence-corrected chi connectivity index (χ4v) is 4.09. The van der Waals surface area contributed by atoms with Gasteiger partial charge in [0.25, 0.3) is 5.91 Å². The maximum atomic E-state index is 13.2. The van der Waals surface area contributed by atoms with Gasteiger partial charge in [0.1, 0.15) is 0 Å². The van der Waals surface area contributed by atoms with Gasteiger partial charge in [0.15, 0.2) is 0 Å². The van der Waals surface area contributed by atoms with E-state index in [2.05, 4.69) is 10.6 Å². The second kappa shape index (κ2) is 10.7. The summed E-state index contributed by atoms with van der Waals surface area (Å²) in [6, 6.07) is 21.8. The molecule has 0 radical (unpaired) electrons. The number of nitrogens with zero attached hydrogens (tertiary/aromatic N) is 2. The lowest BCUT2D eigenvalue weighted by molar-refractivity contribution is -0.122. The molecular formula is C29H30N4O4. The third-order valence-corrected chi connectivity index (χ3v) is 6.48. The third-order valence-electron chi connectivity index (χ3n) is 6.48. The van der Waals surface area contributed by atoms with Crippen LogP contribution >= 0.6 is 0 Å². The zero-order valence-corrected chi connectivity index (χ0v) is 21.5. The minimum Gasteiger partial charge on any atom is -0.465 e. The lowest BCUT2D eigenvalue weighted by Crippen LogP contribution is -2.42. The number of methoxy groups -OCH3 is 1. The first-order valence-corrected chi connectivity index (χ1v) is 11.9. The first kappa shape index (κ1) is 25.7. The molecule has 37 heavy (non-hydrogen) atoms. The molecule has 1 unspecified atom stereocenters. The van der Waals surface area contributed by atoms with Gasteiger partial charge in [0.2, 0.25) is 5.91 Å². The van der Waals surface area contributed by atoms with Crippen molar-refractivity contribution in [3.63, 3.8) is 0 Å². The number of nitrogens with one attached hydrogen (secondary N) is 2. The lowest BCUT2D eigenvalue weighted by Gasteiger charge is -2.25. The Morgan fingerprint density at radius 3 is 2.22 bits per heavy atom. The van der Waals surface area contributed by atoms with Crippen LogP contribution < -0.4 is 15.5 Å². The molecule has 8 heteroatoms. The summed E-state index contributed by atoms with van der Waals surface area (Å²) in [6.07, 6.45) is 0. The number of esters is 1. The molecule has 3 aromatic carbocycles. The van der Waals surface area contributed by atoms with Gasteiger partial charge in [0, 0.05) is 24.0 Å². The number of hydrogen-bond donors (Lipinski definition) is 2. The van der Waals surface area contributed by atoms with Crippen molar-refractivity contribution < 1.29 is 19.1 Å². The number of fused-ring (bicyclic) bond motifs is 1. The Labute approximate surface area is 216 Å². The summed E-state index contributed by atoms with van der Waals surface area (Å²) in [5.41, 5.74) is 5.02. The van der Waals surface area contributed by atoms with Gasteiger partial charge >= 0.3 is 5.97 Å². The molecule has 0 saturated carbocycles. The monoisotopic (exact) mass is 498 g/mol. The van der Waals surface area contributed by atoms with Crippen LogP contribution in [0.4, 0.5) is 17.1 Å². The molecule has 1 atom stereocenters. The van der Waals surface area contributed by atoms with Crippen molar-refractivity contribution >= 4 is 46.1 Å². The number of carbonyl (C=O) groups is 3. The molecule has 2 amide bonds. The van der Waals surface area contributed by atoms with Crippen LogP contribution in [0.1, 0.15) is 28.4 Å². The first-order valence-electron chi connectivity index (χ1n) is 11.9. The van der Waals surface area contributed by atoms with Gasteiger partial charge in [-0.3, -0.25) is 14.5 Å².